The Labute approximate surface area is 121 Å². The van der Waals surface area contributed by atoms with Crippen LogP contribution in [0.2, 0.25) is 0 Å². The molecule has 4 N–H and O–H groups in total. The van der Waals surface area contributed by atoms with Crippen molar-refractivity contribution in [3.63, 3.8) is 0 Å². The minimum atomic E-state index is -0.736. The van der Waals surface area contributed by atoms with Crippen LogP contribution in [-0.4, -0.2) is 74.4 Å². The third-order valence-corrected chi connectivity index (χ3v) is 3.48. The number of carbonyl (C=O) groups is 1. The van der Waals surface area contributed by atoms with Gasteiger partial charge in [-0.3, -0.25) is 9.69 Å². The fourth-order valence-corrected chi connectivity index (χ4v) is 2.34. The van der Waals surface area contributed by atoms with Gasteiger partial charge in [0.1, 0.15) is 6.04 Å². The summed E-state index contributed by atoms with van der Waals surface area (Å²) in [6.45, 7) is 10.6. The molecule has 0 radical (unpaired) electrons. The number of allylic oxidation sites excluding steroid dienone is 1. The van der Waals surface area contributed by atoms with Crippen molar-refractivity contribution >= 4 is 5.97 Å². The average molecular weight is 284 g/mol. The van der Waals surface area contributed by atoms with E-state index in [4.69, 9.17) is 0 Å². The van der Waals surface area contributed by atoms with Gasteiger partial charge >= 0.3 is 5.97 Å². The van der Waals surface area contributed by atoms with E-state index in [1.165, 1.54) is 0 Å². The Morgan fingerprint density at radius 2 is 1.60 bits per heavy atom. The van der Waals surface area contributed by atoms with Gasteiger partial charge in [0.2, 0.25) is 0 Å². The highest BCUT2D eigenvalue weighted by molar-refractivity contribution is 5.73. The molecular weight excluding hydrogens is 256 g/mol. The van der Waals surface area contributed by atoms with Crippen LogP contribution in [0.1, 0.15) is 12.8 Å². The number of hydrogen-bond donors (Lipinski definition) is 4. The summed E-state index contributed by atoms with van der Waals surface area (Å²) in [5.74, 6) is -0.736. The van der Waals surface area contributed by atoms with Crippen LogP contribution in [0.3, 0.4) is 0 Å². The second-order valence-corrected chi connectivity index (χ2v) is 5.01. The van der Waals surface area contributed by atoms with Crippen molar-refractivity contribution in [3.8, 4) is 0 Å². The van der Waals surface area contributed by atoms with E-state index >= 15 is 0 Å². The van der Waals surface area contributed by atoms with Gasteiger partial charge in [-0.15, -0.1) is 6.58 Å². The van der Waals surface area contributed by atoms with Crippen molar-refractivity contribution in [1.82, 2.24) is 20.9 Å². The monoisotopic (exact) mass is 284 g/mol. The quantitative estimate of drug-likeness (QED) is 0.510. The number of carboxylic acids is 1. The van der Waals surface area contributed by atoms with Crippen LogP contribution in [-0.2, 0) is 4.79 Å². The van der Waals surface area contributed by atoms with E-state index in [1.807, 2.05) is 0 Å². The van der Waals surface area contributed by atoms with Gasteiger partial charge in [-0.25, -0.2) is 0 Å². The number of hydrogen-bond acceptors (Lipinski definition) is 5. The van der Waals surface area contributed by atoms with Gasteiger partial charge in [0.05, 0.1) is 0 Å². The lowest BCUT2D eigenvalue weighted by molar-refractivity contribution is -0.143. The van der Waals surface area contributed by atoms with Crippen molar-refractivity contribution < 1.29 is 9.90 Å². The molecule has 20 heavy (non-hydrogen) atoms. The molecule has 6 heteroatoms. The molecule has 0 aromatic heterocycles. The maximum Gasteiger partial charge on any atom is 0.320 e. The first-order chi connectivity index (χ1) is 9.75. The van der Waals surface area contributed by atoms with Gasteiger partial charge in [0.15, 0.2) is 0 Å². The Morgan fingerprint density at radius 3 is 2.05 bits per heavy atom. The van der Waals surface area contributed by atoms with Crippen LogP contribution in [0.25, 0.3) is 0 Å². The molecular formula is C14H28N4O2. The summed E-state index contributed by atoms with van der Waals surface area (Å²) in [6, 6.07) is -0.419. The second kappa shape index (κ2) is 10.8. The van der Waals surface area contributed by atoms with E-state index in [1.54, 1.807) is 6.08 Å². The molecule has 0 amide bonds. The zero-order valence-corrected chi connectivity index (χ0v) is 12.2. The Balaban J connectivity index is 2.53. The molecule has 0 aliphatic carbocycles. The maximum atomic E-state index is 11.5. The SMILES string of the molecule is C=CCCC(C(=O)O)N1CCNCCNCCNCC1. The summed E-state index contributed by atoms with van der Waals surface area (Å²) in [7, 11) is 0. The lowest BCUT2D eigenvalue weighted by Gasteiger charge is -2.29. The Morgan fingerprint density at radius 1 is 1.10 bits per heavy atom. The number of carboxylic acid groups (broad SMARTS) is 1. The first-order valence-electron chi connectivity index (χ1n) is 7.45. The van der Waals surface area contributed by atoms with E-state index in [0.29, 0.717) is 6.42 Å². The number of nitrogens with one attached hydrogen (secondary N) is 3. The third-order valence-electron chi connectivity index (χ3n) is 3.48. The molecule has 116 valence electrons. The van der Waals surface area contributed by atoms with Crippen LogP contribution in [0.4, 0.5) is 0 Å². The molecule has 0 aromatic rings. The Kier molecular flexibility index (Phi) is 9.23. The van der Waals surface area contributed by atoms with E-state index in [9.17, 15) is 9.90 Å². The van der Waals surface area contributed by atoms with Crippen LogP contribution >= 0.6 is 0 Å². The van der Waals surface area contributed by atoms with Crippen LogP contribution in [0.15, 0.2) is 12.7 Å². The summed E-state index contributed by atoms with van der Waals surface area (Å²) in [5, 5.41) is 19.4. The van der Waals surface area contributed by atoms with E-state index < -0.39 is 12.0 Å². The molecule has 0 spiro atoms. The first kappa shape index (κ1) is 17.1. The van der Waals surface area contributed by atoms with Gasteiger partial charge in [0.25, 0.3) is 0 Å². The van der Waals surface area contributed by atoms with Gasteiger partial charge in [0, 0.05) is 52.4 Å². The van der Waals surface area contributed by atoms with E-state index in [2.05, 4.69) is 27.4 Å². The fourth-order valence-electron chi connectivity index (χ4n) is 2.34. The summed E-state index contributed by atoms with van der Waals surface area (Å²) in [4.78, 5) is 13.5. The summed E-state index contributed by atoms with van der Waals surface area (Å²) in [6.07, 6.45) is 3.15. The molecule has 1 saturated heterocycles. The summed E-state index contributed by atoms with van der Waals surface area (Å²) >= 11 is 0. The van der Waals surface area contributed by atoms with Crippen molar-refractivity contribution in [2.24, 2.45) is 0 Å². The average Bonchev–Trinajstić information content (AvgIpc) is 2.41. The molecule has 1 heterocycles. The molecule has 1 aliphatic heterocycles. The zero-order valence-electron chi connectivity index (χ0n) is 12.2. The maximum absolute atomic E-state index is 11.5. The Hall–Kier alpha value is -0.950. The fraction of sp³-hybridized carbons (Fsp3) is 0.786. The van der Waals surface area contributed by atoms with Gasteiger partial charge < -0.3 is 21.1 Å². The lowest BCUT2D eigenvalue weighted by atomic mass is 10.1. The minimum absolute atomic E-state index is 0.419. The number of nitrogens with zero attached hydrogens (tertiary/aromatic N) is 1. The highest BCUT2D eigenvalue weighted by Crippen LogP contribution is 2.07. The van der Waals surface area contributed by atoms with Crippen molar-refractivity contribution in [3.05, 3.63) is 12.7 Å². The second-order valence-electron chi connectivity index (χ2n) is 5.01. The van der Waals surface area contributed by atoms with Crippen molar-refractivity contribution in [2.45, 2.75) is 18.9 Å². The highest BCUT2D eigenvalue weighted by Gasteiger charge is 2.24. The van der Waals surface area contributed by atoms with Gasteiger partial charge in [-0.05, 0) is 12.8 Å². The first-order valence-corrected chi connectivity index (χ1v) is 7.45. The summed E-state index contributed by atoms with van der Waals surface area (Å²) < 4.78 is 0. The number of rotatable bonds is 5. The molecule has 6 nitrogen and oxygen atoms in total. The van der Waals surface area contributed by atoms with Gasteiger partial charge in [-0.2, -0.15) is 0 Å². The molecule has 0 bridgehead atoms. The molecule has 1 rings (SSSR count). The molecule has 0 aromatic carbocycles. The Bertz CT molecular complexity index is 274. The minimum Gasteiger partial charge on any atom is -0.480 e. The standard InChI is InChI=1S/C14H28N4O2/c1-2-3-4-13(14(19)20)18-11-9-16-7-5-15-6-8-17-10-12-18/h2,13,15-17H,1,3-12H2,(H,19,20). The van der Waals surface area contributed by atoms with Gasteiger partial charge in [-0.1, -0.05) is 6.08 Å². The topological polar surface area (TPSA) is 76.6 Å². The molecule has 1 fully saturated rings. The normalized spacial score (nSPS) is 21.4. The van der Waals surface area contributed by atoms with E-state index in [-0.39, 0.29) is 0 Å². The third kappa shape index (κ3) is 7.00. The van der Waals surface area contributed by atoms with Crippen LogP contribution < -0.4 is 16.0 Å². The lowest BCUT2D eigenvalue weighted by Crippen LogP contribution is -2.48. The van der Waals surface area contributed by atoms with Crippen molar-refractivity contribution in [1.29, 1.82) is 0 Å². The predicted molar refractivity (Wildman–Crippen MR) is 81.0 cm³/mol. The van der Waals surface area contributed by atoms with Crippen molar-refractivity contribution in [2.75, 3.05) is 52.4 Å². The zero-order chi connectivity index (χ0) is 14.6. The smallest absolute Gasteiger partial charge is 0.320 e. The number of aliphatic carboxylic acids is 1. The summed E-state index contributed by atoms with van der Waals surface area (Å²) in [5.41, 5.74) is 0. The highest BCUT2D eigenvalue weighted by atomic mass is 16.4. The molecule has 1 unspecified atom stereocenters. The molecule has 0 saturated carbocycles. The van der Waals surface area contributed by atoms with Crippen LogP contribution in [0, 0.1) is 0 Å². The van der Waals surface area contributed by atoms with E-state index in [0.717, 1.165) is 58.8 Å². The molecule has 1 aliphatic rings. The van der Waals surface area contributed by atoms with Crippen LogP contribution in [0.5, 0.6) is 0 Å². The molecule has 1 atom stereocenters. The largest absolute Gasteiger partial charge is 0.480 e. The predicted octanol–water partition coefficient (Wildman–Crippen LogP) is -0.510.